The van der Waals surface area contributed by atoms with Crippen LogP contribution >= 0.6 is 0 Å². The predicted octanol–water partition coefficient (Wildman–Crippen LogP) is 0.902. The van der Waals surface area contributed by atoms with Gasteiger partial charge >= 0.3 is 0 Å². The van der Waals surface area contributed by atoms with Gasteiger partial charge in [0.15, 0.2) is 9.84 Å². The second-order valence-electron chi connectivity index (χ2n) is 3.87. The zero-order valence-electron chi connectivity index (χ0n) is 8.98. The van der Waals surface area contributed by atoms with E-state index in [1.54, 1.807) is 0 Å². The monoisotopic (exact) mass is 263 g/mol. The van der Waals surface area contributed by atoms with Crippen molar-refractivity contribution in [2.45, 2.75) is 16.9 Å². The summed E-state index contributed by atoms with van der Waals surface area (Å²) in [5.74, 6) is -3.94. The molecule has 7 heteroatoms. The zero-order chi connectivity index (χ0) is 12.8. The van der Waals surface area contributed by atoms with Crippen molar-refractivity contribution in [2.75, 3.05) is 12.9 Å². The molecular formula is C10H11F2NO3S. The molecule has 2 N–H and O–H groups in total. The number of benzene rings is 1. The standard InChI is InChI=1S/C10H11F2NO3S/c1-16-6-2-3-8-7(4-6)10(11,12)9(13)5-17(8,14)15/h2-4,9H,5,13H2,1H3. The molecule has 1 unspecified atom stereocenters. The fourth-order valence-electron chi connectivity index (χ4n) is 1.80. The summed E-state index contributed by atoms with van der Waals surface area (Å²) in [5.41, 5.74) is 4.64. The Bertz CT molecular complexity index is 557. The molecule has 17 heavy (non-hydrogen) atoms. The van der Waals surface area contributed by atoms with Crippen LogP contribution in [0.2, 0.25) is 0 Å². The summed E-state index contributed by atoms with van der Waals surface area (Å²) in [6.07, 6.45) is 0. The number of halogens is 2. The van der Waals surface area contributed by atoms with E-state index in [1.165, 1.54) is 13.2 Å². The summed E-state index contributed by atoms with van der Waals surface area (Å²) in [6, 6.07) is 1.76. The van der Waals surface area contributed by atoms with Gasteiger partial charge in [0.1, 0.15) is 5.75 Å². The zero-order valence-corrected chi connectivity index (χ0v) is 9.80. The molecule has 1 heterocycles. The van der Waals surface area contributed by atoms with Crippen molar-refractivity contribution < 1.29 is 21.9 Å². The Morgan fingerprint density at radius 2 is 2.12 bits per heavy atom. The van der Waals surface area contributed by atoms with Crippen molar-refractivity contribution >= 4 is 9.84 Å². The van der Waals surface area contributed by atoms with Gasteiger partial charge in [-0.15, -0.1) is 0 Å². The maximum Gasteiger partial charge on any atom is 0.290 e. The van der Waals surface area contributed by atoms with Gasteiger partial charge in [-0.25, -0.2) is 8.42 Å². The van der Waals surface area contributed by atoms with Crippen LogP contribution in [0.1, 0.15) is 5.56 Å². The van der Waals surface area contributed by atoms with Crippen LogP contribution in [0.4, 0.5) is 8.78 Å². The summed E-state index contributed by atoms with van der Waals surface area (Å²) in [4.78, 5) is -0.370. The van der Waals surface area contributed by atoms with E-state index in [4.69, 9.17) is 10.5 Å². The van der Waals surface area contributed by atoms with E-state index in [-0.39, 0.29) is 10.6 Å². The van der Waals surface area contributed by atoms with E-state index in [0.717, 1.165) is 12.1 Å². The van der Waals surface area contributed by atoms with E-state index in [1.807, 2.05) is 0 Å². The highest BCUT2D eigenvalue weighted by Gasteiger charge is 2.49. The van der Waals surface area contributed by atoms with Crippen LogP contribution in [0, 0.1) is 0 Å². The van der Waals surface area contributed by atoms with Gasteiger partial charge in [0, 0.05) is 5.56 Å². The summed E-state index contributed by atoms with van der Waals surface area (Å²) in [6.45, 7) is 0. The van der Waals surface area contributed by atoms with Crippen LogP contribution in [0.25, 0.3) is 0 Å². The fraction of sp³-hybridized carbons (Fsp3) is 0.400. The number of rotatable bonds is 1. The molecule has 0 aliphatic carbocycles. The van der Waals surface area contributed by atoms with Crippen LogP contribution in [0.5, 0.6) is 5.75 Å². The van der Waals surface area contributed by atoms with Gasteiger partial charge in [-0.3, -0.25) is 0 Å². The molecule has 1 atom stereocenters. The topological polar surface area (TPSA) is 69.4 Å². The van der Waals surface area contributed by atoms with E-state index in [2.05, 4.69) is 0 Å². The Morgan fingerprint density at radius 3 is 2.71 bits per heavy atom. The third kappa shape index (κ3) is 1.79. The largest absolute Gasteiger partial charge is 0.497 e. The Labute approximate surface area is 97.3 Å². The molecule has 0 saturated heterocycles. The normalized spacial score (nSPS) is 25.1. The molecule has 1 aliphatic heterocycles. The van der Waals surface area contributed by atoms with Crippen LogP contribution < -0.4 is 10.5 Å². The van der Waals surface area contributed by atoms with Gasteiger partial charge in [-0.05, 0) is 18.2 Å². The van der Waals surface area contributed by atoms with Crippen LogP contribution in [-0.2, 0) is 15.8 Å². The molecule has 1 aromatic carbocycles. The molecule has 1 aromatic rings. The Balaban J connectivity index is 2.73. The Kier molecular flexibility index (Phi) is 2.62. The Hall–Kier alpha value is -1.21. The minimum Gasteiger partial charge on any atom is -0.497 e. The van der Waals surface area contributed by atoms with E-state index >= 15 is 0 Å². The highest BCUT2D eigenvalue weighted by molar-refractivity contribution is 7.91. The molecule has 0 bridgehead atoms. The maximum atomic E-state index is 13.8. The van der Waals surface area contributed by atoms with E-state index < -0.39 is 33.1 Å². The van der Waals surface area contributed by atoms with Gasteiger partial charge in [0.05, 0.1) is 23.8 Å². The number of alkyl halides is 2. The first-order chi connectivity index (χ1) is 7.79. The average Bonchev–Trinajstić information content (AvgIpc) is 2.26. The minimum absolute atomic E-state index is 0.174. The molecule has 0 amide bonds. The smallest absolute Gasteiger partial charge is 0.290 e. The third-order valence-electron chi connectivity index (χ3n) is 2.75. The predicted molar refractivity (Wildman–Crippen MR) is 56.9 cm³/mol. The maximum absolute atomic E-state index is 13.8. The van der Waals surface area contributed by atoms with Gasteiger partial charge in [-0.2, -0.15) is 8.78 Å². The second-order valence-corrected chi connectivity index (χ2v) is 5.88. The summed E-state index contributed by atoms with van der Waals surface area (Å²) in [7, 11) is -2.43. The number of ether oxygens (including phenoxy) is 1. The van der Waals surface area contributed by atoms with Gasteiger partial charge in [0.2, 0.25) is 0 Å². The summed E-state index contributed by atoms with van der Waals surface area (Å²) >= 11 is 0. The molecule has 0 fully saturated rings. The van der Waals surface area contributed by atoms with Crippen LogP contribution in [-0.4, -0.2) is 27.3 Å². The van der Waals surface area contributed by atoms with Crippen LogP contribution in [0.15, 0.2) is 23.1 Å². The molecule has 2 rings (SSSR count). The fourth-order valence-corrected chi connectivity index (χ4v) is 3.47. The van der Waals surface area contributed by atoms with Crippen molar-refractivity contribution in [3.05, 3.63) is 23.8 Å². The molecule has 1 aliphatic rings. The molecular weight excluding hydrogens is 252 g/mol. The van der Waals surface area contributed by atoms with Crippen molar-refractivity contribution in [1.29, 1.82) is 0 Å². The lowest BCUT2D eigenvalue weighted by molar-refractivity contribution is -0.0300. The number of hydrogen-bond donors (Lipinski definition) is 1. The van der Waals surface area contributed by atoms with Crippen molar-refractivity contribution in [2.24, 2.45) is 5.73 Å². The lowest BCUT2D eigenvalue weighted by Gasteiger charge is -2.30. The average molecular weight is 263 g/mol. The Morgan fingerprint density at radius 1 is 1.47 bits per heavy atom. The number of nitrogens with two attached hydrogens (primary N) is 1. The van der Waals surface area contributed by atoms with Crippen molar-refractivity contribution in [3.8, 4) is 5.75 Å². The number of sulfone groups is 1. The quantitative estimate of drug-likeness (QED) is 0.817. The highest BCUT2D eigenvalue weighted by Crippen LogP contribution is 2.41. The minimum atomic E-state index is -3.75. The second kappa shape index (κ2) is 3.64. The first-order valence-electron chi connectivity index (χ1n) is 4.83. The van der Waals surface area contributed by atoms with Crippen molar-refractivity contribution in [1.82, 2.24) is 0 Å². The van der Waals surface area contributed by atoms with Crippen LogP contribution in [0.3, 0.4) is 0 Å². The van der Waals surface area contributed by atoms with Crippen molar-refractivity contribution in [3.63, 3.8) is 0 Å². The van der Waals surface area contributed by atoms with E-state index in [9.17, 15) is 17.2 Å². The lowest BCUT2D eigenvalue weighted by atomic mass is 10.0. The summed E-state index contributed by atoms with van der Waals surface area (Å²) in [5, 5.41) is 0. The molecule has 0 radical (unpaired) electrons. The van der Waals surface area contributed by atoms with Gasteiger partial charge < -0.3 is 10.5 Å². The molecule has 0 spiro atoms. The summed E-state index contributed by atoms with van der Waals surface area (Å²) < 4.78 is 55.9. The lowest BCUT2D eigenvalue weighted by Crippen LogP contribution is -2.48. The third-order valence-corrected chi connectivity index (χ3v) is 4.57. The number of fused-ring (bicyclic) bond motifs is 1. The van der Waals surface area contributed by atoms with E-state index in [0.29, 0.717) is 0 Å². The molecule has 4 nitrogen and oxygen atoms in total. The number of methoxy groups -OCH3 is 1. The molecule has 0 aromatic heterocycles. The van der Waals surface area contributed by atoms with Gasteiger partial charge in [-0.1, -0.05) is 0 Å². The van der Waals surface area contributed by atoms with Gasteiger partial charge in [0.25, 0.3) is 5.92 Å². The molecule has 0 saturated carbocycles. The molecule has 94 valence electrons. The first-order valence-corrected chi connectivity index (χ1v) is 6.49. The number of hydrogen-bond acceptors (Lipinski definition) is 4. The highest BCUT2D eigenvalue weighted by atomic mass is 32.2. The first kappa shape index (κ1) is 12.3. The SMILES string of the molecule is COc1ccc2c(c1)C(F)(F)C(N)CS2(=O)=O.